The number of unbranched alkanes of at least 4 members (excludes halogenated alkanes) is 7. The maximum atomic E-state index is 11.2. The molecule has 0 rings (SSSR count). The van der Waals surface area contributed by atoms with Crippen molar-refractivity contribution in [2.45, 2.75) is 58.3 Å². The fourth-order valence-electron chi connectivity index (χ4n) is 1.59. The van der Waals surface area contributed by atoms with Crippen molar-refractivity contribution in [1.29, 1.82) is 0 Å². The molecule has 0 spiro atoms. The lowest BCUT2D eigenvalue weighted by Crippen LogP contribution is -2.03. The standard InChI is InChI=1S/C12H25ClOS/c1-2-3-4-5-6-7-8-9-11-15(14)12-10-13/h2-12H2,1H3. The van der Waals surface area contributed by atoms with Gasteiger partial charge >= 0.3 is 0 Å². The largest absolute Gasteiger partial charge is 0.260 e. The highest BCUT2D eigenvalue weighted by Gasteiger charge is 1.98. The van der Waals surface area contributed by atoms with Gasteiger partial charge in [-0.3, -0.25) is 4.21 Å². The summed E-state index contributed by atoms with van der Waals surface area (Å²) in [5.74, 6) is 2.05. The second-order valence-corrected chi connectivity index (χ2v) is 6.09. The fourth-order valence-corrected chi connectivity index (χ4v) is 3.00. The number of halogens is 1. The molecule has 0 heterocycles. The third-order valence-corrected chi connectivity index (χ3v) is 4.35. The molecule has 92 valence electrons. The van der Waals surface area contributed by atoms with Crippen LogP contribution in [0.3, 0.4) is 0 Å². The average molecular weight is 253 g/mol. The van der Waals surface area contributed by atoms with Gasteiger partial charge in [0.15, 0.2) is 0 Å². The van der Waals surface area contributed by atoms with E-state index < -0.39 is 10.8 Å². The van der Waals surface area contributed by atoms with Gasteiger partial charge in [0.25, 0.3) is 0 Å². The molecule has 0 aromatic heterocycles. The Morgan fingerprint density at radius 1 is 0.867 bits per heavy atom. The molecule has 0 saturated carbocycles. The molecule has 0 aromatic carbocycles. The van der Waals surface area contributed by atoms with E-state index in [0.717, 1.165) is 12.2 Å². The maximum absolute atomic E-state index is 11.2. The van der Waals surface area contributed by atoms with E-state index in [2.05, 4.69) is 6.92 Å². The lowest BCUT2D eigenvalue weighted by atomic mass is 10.1. The summed E-state index contributed by atoms with van der Waals surface area (Å²) in [7, 11) is -0.662. The molecule has 15 heavy (non-hydrogen) atoms. The van der Waals surface area contributed by atoms with Crippen LogP contribution in [0.25, 0.3) is 0 Å². The van der Waals surface area contributed by atoms with E-state index in [4.69, 9.17) is 11.6 Å². The van der Waals surface area contributed by atoms with Crippen molar-refractivity contribution in [3.05, 3.63) is 0 Å². The van der Waals surface area contributed by atoms with E-state index in [0.29, 0.717) is 11.6 Å². The first-order chi connectivity index (χ1) is 7.31. The third-order valence-electron chi connectivity index (χ3n) is 2.53. The highest BCUT2D eigenvalue weighted by molar-refractivity contribution is 7.85. The molecule has 0 bridgehead atoms. The first-order valence-electron chi connectivity index (χ1n) is 6.22. The number of hydrogen-bond acceptors (Lipinski definition) is 1. The molecule has 0 saturated heterocycles. The Bertz CT molecular complexity index is 151. The SMILES string of the molecule is CCCCCCCCCCS(=O)CCCl. The molecular weight excluding hydrogens is 228 g/mol. The smallest absolute Gasteiger partial charge is 0.0370 e. The van der Waals surface area contributed by atoms with Gasteiger partial charge in [-0.15, -0.1) is 11.6 Å². The van der Waals surface area contributed by atoms with Crippen molar-refractivity contribution < 1.29 is 4.21 Å². The van der Waals surface area contributed by atoms with Gasteiger partial charge < -0.3 is 0 Å². The van der Waals surface area contributed by atoms with E-state index in [1.165, 1.54) is 44.9 Å². The van der Waals surface area contributed by atoms with Crippen LogP contribution in [0.15, 0.2) is 0 Å². The summed E-state index contributed by atoms with van der Waals surface area (Å²) in [4.78, 5) is 0. The molecule has 0 aliphatic carbocycles. The zero-order valence-corrected chi connectivity index (χ0v) is 11.5. The molecular formula is C12H25ClOS. The van der Waals surface area contributed by atoms with Crippen molar-refractivity contribution in [2.75, 3.05) is 17.4 Å². The Balaban J connectivity index is 3.01. The molecule has 0 aromatic rings. The van der Waals surface area contributed by atoms with E-state index in [9.17, 15) is 4.21 Å². The van der Waals surface area contributed by atoms with Crippen molar-refractivity contribution in [2.24, 2.45) is 0 Å². The van der Waals surface area contributed by atoms with Gasteiger partial charge in [-0.1, -0.05) is 51.9 Å². The van der Waals surface area contributed by atoms with Crippen molar-refractivity contribution >= 4 is 22.4 Å². The van der Waals surface area contributed by atoms with Crippen LogP contribution in [0.4, 0.5) is 0 Å². The molecule has 0 N–H and O–H groups in total. The summed E-state index contributed by atoms with van der Waals surface area (Å²) in [6, 6.07) is 0. The van der Waals surface area contributed by atoms with Crippen LogP contribution in [-0.2, 0) is 10.8 Å². The second kappa shape index (κ2) is 12.5. The van der Waals surface area contributed by atoms with E-state index >= 15 is 0 Å². The molecule has 0 amide bonds. The van der Waals surface area contributed by atoms with Crippen LogP contribution in [0.2, 0.25) is 0 Å². The summed E-state index contributed by atoms with van der Waals surface area (Å²) in [6.07, 6.45) is 10.5. The molecule has 1 nitrogen and oxygen atoms in total. The third kappa shape index (κ3) is 12.4. The molecule has 0 aliphatic heterocycles. The van der Waals surface area contributed by atoms with Crippen molar-refractivity contribution in [1.82, 2.24) is 0 Å². The van der Waals surface area contributed by atoms with Crippen LogP contribution in [-0.4, -0.2) is 21.6 Å². The lowest BCUT2D eigenvalue weighted by Gasteiger charge is -2.01. The van der Waals surface area contributed by atoms with Gasteiger partial charge in [0.05, 0.1) is 0 Å². The monoisotopic (exact) mass is 252 g/mol. The predicted molar refractivity (Wildman–Crippen MR) is 71.2 cm³/mol. The molecule has 0 aliphatic rings. The molecule has 0 fully saturated rings. The van der Waals surface area contributed by atoms with Crippen molar-refractivity contribution in [3.8, 4) is 0 Å². The van der Waals surface area contributed by atoms with Crippen LogP contribution in [0, 0.1) is 0 Å². The zero-order chi connectivity index (χ0) is 11.4. The summed E-state index contributed by atoms with van der Waals surface area (Å²) in [5.41, 5.74) is 0. The minimum atomic E-state index is -0.662. The first-order valence-corrected chi connectivity index (χ1v) is 8.24. The number of hydrogen-bond donors (Lipinski definition) is 0. The Morgan fingerprint density at radius 3 is 1.93 bits per heavy atom. The maximum Gasteiger partial charge on any atom is 0.0370 e. The summed E-state index contributed by atoms with van der Waals surface area (Å²) < 4.78 is 11.2. The van der Waals surface area contributed by atoms with E-state index in [1.54, 1.807) is 0 Å². The minimum absolute atomic E-state index is 0.531. The summed E-state index contributed by atoms with van der Waals surface area (Å²) >= 11 is 5.51. The lowest BCUT2D eigenvalue weighted by molar-refractivity contribution is 0.585. The number of alkyl halides is 1. The molecule has 1 atom stereocenters. The van der Waals surface area contributed by atoms with Gasteiger partial charge in [0.1, 0.15) is 0 Å². The molecule has 0 radical (unpaired) electrons. The fraction of sp³-hybridized carbons (Fsp3) is 1.00. The Hall–Kier alpha value is 0.440. The van der Waals surface area contributed by atoms with Crippen LogP contribution in [0.5, 0.6) is 0 Å². The van der Waals surface area contributed by atoms with Gasteiger partial charge in [-0.2, -0.15) is 0 Å². The van der Waals surface area contributed by atoms with Gasteiger partial charge in [0.2, 0.25) is 0 Å². The van der Waals surface area contributed by atoms with Crippen LogP contribution >= 0.6 is 11.6 Å². The van der Waals surface area contributed by atoms with E-state index in [-0.39, 0.29) is 0 Å². The highest BCUT2D eigenvalue weighted by Crippen LogP contribution is 2.08. The van der Waals surface area contributed by atoms with Gasteiger partial charge in [0, 0.05) is 28.2 Å². The van der Waals surface area contributed by atoms with Crippen molar-refractivity contribution in [3.63, 3.8) is 0 Å². The normalized spacial score (nSPS) is 12.9. The quantitative estimate of drug-likeness (QED) is 0.399. The predicted octanol–water partition coefficient (Wildman–Crippen LogP) is 4.11. The molecule has 1 unspecified atom stereocenters. The Morgan fingerprint density at radius 2 is 1.40 bits per heavy atom. The van der Waals surface area contributed by atoms with E-state index in [1.807, 2.05) is 0 Å². The summed E-state index contributed by atoms with van der Waals surface area (Å²) in [5, 5.41) is 0. The zero-order valence-electron chi connectivity index (χ0n) is 9.97. The molecule has 3 heteroatoms. The number of rotatable bonds is 11. The average Bonchev–Trinajstić information content (AvgIpc) is 2.22. The second-order valence-electron chi connectivity index (χ2n) is 4.01. The minimum Gasteiger partial charge on any atom is -0.260 e. The van der Waals surface area contributed by atoms with Crippen LogP contribution in [0.1, 0.15) is 58.3 Å². The summed E-state index contributed by atoms with van der Waals surface area (Å²) in [6.45, 7) is 2.24. The highest BCUT2D eigenvalue weighted by atomic mass is 35.5. The first kappa shape index (κ1) is 15.4. The Kier molecular flexibility index (Phi) is 12.9. The topological polar surface area (TPSA) is 17.1 Å². The van der Waals surface area contributed by atoms with Gasteiger partial charge in [-0.05, 0) is 6.42 Å². The van der Waals surface area contributed by atoms with Gasteiger partial charge in [-0.25, -0.2) is 0 Å². The van der Waals surface area contributed by atoms with Crippen LogP contribution < -0.4 is 0 Å². The Labute approximate surface area is 102 Å².